The first kappa shape index (κ1) is 13.8. The van der Waals surface area contributed by atoms with Gasteiger partial charge in [0, 0.05) is 17.8 Å². The average Bonchev–Trinajstić information content (AvgIpc) is 2.89. The van der Waals surface area contributed by atoms with E-state index >= 15 is 0 Å². The first-order valence-electron chi connectivity index (χ1n) is 6.49. The second-order valence-electron chi connectivity index (χ2n) is 4.56. The number of fused-ring (bicyclic) bond motifs is 1. The van der Waals surface area contributed by atoms with E-state index in [1.807, 2.05) is 6.08 Å². The van der Waals surface area contributed by atoms with E-state index in [9.17, 15) is 0 Å². The molecule has 0 amide bonds. The van der Waals surface area contributed by atoms with Crippen LogP contribution in [0.3, 0.4) is 0 Å². The SMILES string of the molecule is CC/C=C/C=C/[C@H]1C[C@H]2O[C@H](C=C=CBr)C[C@H]2O1. The molecular weight excluding hydrogens is 292 g/mol. The van der Waals surface area contributed by atoms with E-state index in [1.54, 1.807) is 4.99 Å². The highest BCUT2D eigenvalue weighted by atomic mass is 79.9. The van der Waals surface area contributed by atoms with Gasteiger partial charge in [-0.05, 0) is 12.5 Å². The van der Waals surface area contributed by atoms with Gasteiger partial charge < -0.3 is 9.47 Å². The number of hydrogen-bond donors (Lipinski definition) is 0. The Labute approximate surface area is 117 Å². The van der Waals surface area contributed by atoms with Crippen LogP contribution >= 0.6 is 15.9 Å². The molecule has 18 heavy (non-hydrogen) atoms. The summed E-state index contributed by atoms with van der Waals surface area (Å²) in [6, 6.07) is 0. The molecule has 0 spiro atoms. The molecule has 0 aromatic heterocycles. The fraction of sp³-hybridized carbons (Fsp3) is 0.533. The van der Waals surface area contributed by atoms with Gasteiger partial charge in [-0.15, -0.1) is 5.73 Å². The van der Waals surface area contributed by atoms with Gasteiger partial charge in [-0.25, -0.2) is 0 Å². The third-order valence-corrected chi connectivity index (χ3v) is 3.46. The van der Waals surface area contributed by atoms with Crippen LogP contribution in [0, 0.1) is 0 Å². The number of halogens is 1. The van der Waals surface area contributed by atoms with Gasteiger partial charge in [-0.1, -0.05) is 47.2 Å². The van der Waals surface area contributed by atoms with Crippen LogP contribution in [0.25, 0.3) is 0 Å². The lowest BCUT2D eigenvalue weighted by molar-refractivity contribution is 0.0498. The number of allylic oxidation sites excluding steroid dienone is 3. The summed E-state index contributed by atoms with van der Waals surface area (Å²) in [7, 11) is 0. The van der Waals surface area contributed by atoms with Gasteiger partial charge in [-0.3, -0.25) is 0 Å². The Morgan fingerprint density at radius 1 is 1.17 bits per heavy atom. The molecule has 0 saturated carbocycles. The predicted molar refractivity (Wildman–Crippen MR) is 76.7 cm³/mol. The molecule has 2 aliphatic rings. The highest BCUT2D eigenvalue weighted by Crippen LogP contribution is 2.34. The van der Waals surface area contributed by atoms with Gasteiger partial charge in [0.25, 0.3) is 0 Å². The topological polar surface area (TPSA) is 18.5 Å². The minimum Gasteiger partial charge on any atom is -0.368 e. The standard InChI is InChI=1S/C15H19BrO2/c1-2-3-4-5-7-12-10-14-15(17-12)11-13(18-14)8-6-9-16/h3-5,7-9,12-15H,2,10-11H2,1H3/b4-3+,7-5+/t6?,12-,13+,14+,15+/m0/s1. The number of hydrogen-bond acceptors (Lipinski definition) is 2. The van der Waals surface area contributed by atoms with E-state index in [0.29, 0.717) is 0 Å². The Kier molecular flexibility index (Phi) is 5.45. The van der Waals surface area contributed by atoms with Crippen molar-refractivity contribution in [1.29, 1.82) is 0 Å². The van der Waals surface area contributed by atoms with Crippen LogP contribution in [-0.2, 0) is 9.47 Å². The zero-order chi connectivity index (χ0) is 12.8. The molecule has 4 atom stereocenters. The predicted octanol–water partition coefficient (Wildman–Crippen LogP) is 3.89. The Morgan fingerprint density at radius 2 is 1.89 bits per heavy atom. The second kappa shape index (κ2) is 7.10. The van der Waals surface area contributed by atoms with Crippen LogP contribution in [0.5, 0.6) is 0 Å². The van der Waals surface area contributed by atoms with Gasteiger partial charge in [0.1, 0.15) is 0 Å². The van der Waals surface area contributed by atoms with Crippen molar-refractivity contribution in [3.05, 3.63) is 41.1 Å². The van der Waals surface area contributed by atoms with Crippen molar-refractivity contribution in [1.82, 2.24) is 0 Å². The van der Waals surface area contributed by atoms with Crippen molar-refractivity contribution in [2.45, 2.75) is 50.6 Å². The van der Waals surface area contributed by atoms with Gasteiger partial charge in [0.15, 0.2) is 0 Å². The first-order valence-corrected chi connectivity index (χ1v) is 7.40. The Bertz CT molecular complexity index is 366. The normalized spacial score (nSPS) is 35.0. The highest BCUT2D eigenvalue weighted by Gasteiger charge is 2.42. The molecule has 0 N–H and O–H groups in total. The van der Waals surface area contributed by atoms with Gasteiger partial charge in [-0.2, -0.15) is 0 Å². The Morgan fingerprint density at radius 3 is 2.61 bits per heavy atom. The minimum absolute atomic E-state index is 0.152. The molecule has 2 nitrogen and oxygen atoms in total. The molecule has 0 aromatic carbocycles. The summed E-state index contributed by atoms with van der Waals surface area (Å²) in [6.07, 6.45) is 14.2. The molecule has 2 rings (SSSR count). The van der Waals surface area contributed by atoms with Crippen molar-refractivity contribution in [3.8, 4) is 0 Å². The van der Waals surface area contributed by atoms with E-state index in [0.717, 1.165) is 19.3 Å². The summed E-state index contributed by atoms with van der Waals surface area (Å²) in [5, 5.41) is 0. The fourth-order valence-electron chi connectivity index (χ4n) is 2.39. The smallest absolute Gasteiger partial charge is 0.0874 e. The Hall–Kier alpha value is -0.600. The van der Waals surface area contributed by atoms with Gasteiger partial charge in [0.05, 0.1) is 24.4 Å². The maximum atomic E-state index is 5.96. The van der Waals surface area contributed by atoms with Crippen LogP contribution < -0.4 is 0 Å². The fourth-order valence-corrected chi connectivity index (χ4v) is 2.54. The Balaban J connectivity index is 1.81. The van der Waals surface area contributed by atoms with Crippen molar-refractivity contribution >= 4 is 15.9 Å². The molecule has 0 aliphatic carbocycles. The average molecular weight is 311 g/mol. The minimum atomic E-state index is 0.152. The van der Waals surface area contributed by atoms with E-state index in [1.165, 1.54) is 0 Å². The van der Waals surface area contributed by atoms with Crippen molar-refractivity contribution in [3.63, 3.8) is 0 Å². The number of rotatable bonds is 4. The molecule has 0 aromatic rings. The summed E-state index contributed by atoms with van der Waals surface area (Å²) in [6.45, 7) is 2.13. The third-order valence-electron chi connectivity index (χ3n) is 3.20. The zero-order valence-electron chi connectivity index (χ0n) is 10.6. The lowest BCUT2D eigenvalue weighted by Gasteiger charge is -2.09. The quantitative estimate of drug-likeness (QED) is 0.579. The summed E-state index contributed by atoms with van der Waals surface area (Å²) in [5.41, 5.74) is 3.00. The summed E-state index contributed by atoms with van der Waals surface area (Å²) < 4.78 is 11.9. The van der Waals surface area contributed by atoms with Crippen LogP contribution in [0.1, 0.15) is 26.2 Å². The summed E-state index contributed by atoms with van der Waals surface area (Å²) in [5.74, 6) is 0. The second-order valence-corrected chi connectivity index (χ2v) is 5.02. The highest BCUT2D eigenvalue weighted by molar-refractivity contribution is 9.11. The van der Waals surface area contributed by atoms with Crippen molar-refractivity contribution < 1.29 is 9.47 Å². The maximum absolute atomic E-state index is 5.96. The molecule has 0 radical (unpaired) electrons. The molecule has 2 aliphatic heterocycles. The molecule has 2 saturated heterocycles. The largest absolute Gasteiger partial charge is 0.368 e. The molecule has 0 unspecified atom stereocenters. The molecule has 2 heterocycles. The zero-order valence-corrected chi connectivity index (χ0v) is 12.2. The van der Waals surface area contributed by atoms with Crippen molar-refractivity contribution in [2.24, 2.45) is 0 Å². The monoisotopic (exact) mass is 310 g/mol. The lowest BCUT2D eigenvalue weighted by atomic mass is 10.1. The number of ether oxygens (including phenoxy) is 2. The third kappa shape index (κ3) is 3.69. The summed E-state index contributed by atoms with van der Waals surface area (Å²) >= 11 is 3.20. The molecule has 3 heteroatoms. The van der Waals surface area contributed by atoms with E-state index in [4.69, 9.17) is 9.47 Å². The van der Waals surface area contributed by atoms with Gasteiger partial charge in [0.2, 0.25) is 0 Å². The van der Waals surface area contributed by atoms with Crippen LogP contribution in [0.2, 0.25) is 0 Å². The molecular formula is C15H19BrO2. The molecule has 98 valence electrons. The van der Waals surface area contributed by atoms with E-state index in [2.05, 4.69) is 52.9 Å². The van der Waals surface area contributed by atoms with E-state index in [-0.39, 0.29) is 24.4 Å². The molecule has 0 bridgehead atoms. The summed E-state index contributed by atoms with van der Waals surface area (Å²) in [4.78, 5) is 1.72. The van der Waals surface area contributed by atoms with Crippen LogP contribution in [0.4, 0.5) is 0 Å². The van der Waals surface area contributed by atoms with Crippen LogP contribution in [-0.4, -0.2) is 24.4 Å². The maximum Gasteiger partial charge on any atom is 0.0874 e. The lowest BCUT2D eigenvalue weighted by Crippen LogP contribution is -2.13. The molecule has 2 fully saturated rings. The first-order chi connectivity index (χ1) is 8.83. The van der Waals surface area contributed by atoms with Crippen molar-refractivity contribution in [2.75, 3.05) is 0 Å². The van der Waals surface area contributed by atoms with E-state index < -0.39 is 0 Å². The van der Waals surface area contributed by atoms with Crippen LogP contribution in [0.15, 0.2) is 41.1 Å². The van der Waals surface area contributed by atoms with Gasteiger partial charge >= 0.3 is 0 Å².